The van der Waals surface area contributed by atoms with Crippen molar-refractivity contribution in [1.29, 1.82) is 0 Å². The molecule has 3 aliphatic rings. The SMILES string of the molecule is c1nc(CC2CC2)c([C@]23CNC[C@H]2COC3)o1. The van der Waals surface area contributed by atoms with Crippen LogP contribution in [0.1, 0.15) is 24.3 Å². The van der Waals surface area contributed by atoms with Gasteiger partial charge in [0.05, 0.1) is 24.3 Å². The molecule has 1 N–H and O–H groups in total. The van der Waals surface area contributed by atoms with Gasteiger partial charge >= 0.3 is 0 Å². The maximum atomic E-state index is 5.75. The van der Waals surface area contributed by atoms with Crippen molar-refractivity contribution in [1.82, 2.24) is 10.3 Å². The van der Waals surface area contributed by atoms with Gasteiger partial charge in [-0.3, -0.25) is 0 Å². The van der Waals surface area contributed by atoms with E-state index >= 15 is 0 Å². The van der Waals surface area contributed by atoms with Gasteiger partial charge in [-0.05, 0) is 25.2 Å². The molecule has 1 aliphatic carbocycles. The summed E-state index contributed by atoms with van der Waals surface area (Å²) in [6, 6.07) is 0. The van der Waals surface area contributed by atoms with E-state index in [2.05, 4.69) is 10.3 Å². The number of fused-ring (bicyclic) bond motifs is 1. The molecule has 4 rings (SSSR count). The topological polar surface area (TPSA) is 47.3 Å². The zero-order valence-electron chi connectivity index (χ0n) is 9.95. The second-order valence-corrected chi connectivity index (χ2v) is 5.77. The van der Waals surface area contributed by atoms with Gasteiger partial charge in [-0.1, -0.05) is 0 Å². The first-order chi connectivity index (χ1) is 8.38. The Morgan fingerprint density at radius 2 is 2.41 bits per heavy atom. The van der Waals surface area contributed by atoms with Gasteiger partial charge in [-0.15, -0.1) is 0 Å². The fourth-order valence-corrected chi connectivity index (χ4v) is 3.33. The molecule has 1 aromatic heterocycles. The number of hydrogen-bond acceptors (Lipinski definition) is 4. The van der Waals surface area contributed by atoms with E-state index in [1.54, 1.807) is 6.39 Å². The lowest BCUT2D eigenvalue weighted by molar-refractivity contribution is 0.165. The van der Waals surface area contributed by atoms with Gasteiger partial charge in [0, 0.05) is 19.0 Å². The van der Waals surface area contributed by atoms with Crippen LogP contribution in [0.5, 0.6) is 0 Å². The summed E-state index contributed by atoms with van der Waals surface area (Å²) in [5.74, 6) is 2.52. The van der Waals surface area contributed by atoms with Crippen LogP contribution >= 0.6 is 0 Å². The summed E-state index contributed by atoms with van der Waals surface area (Å²) >= 11 is 0. The third-order valence-electron chi connectivity index (χ3n) is 4.56. The lowest BCUT2D eigenvalue weighted by Crippen LogP contribution is -2.35. The number of nitrogens with one attached hydrogen (secondary N) is 1. The standard InChI is InChI=1S/C13H18N2O2/c1-2-9(1)3-11-12(17-8-15-11)13-6-14-4-10(13)5-16-7-13/h8-10,14H,1-7H2/t10-,13-/m0/s1. The van der Waals surface area contributed by atoms with E-state index in [-0.39, 0.29) is 5.41 Å². The predicted octanol–water partition coefficient (Wildman–Crippen LogP) is 1.11. The van der Waals surface area contributed by atoms with Crippen molar-refractivity contribution in [3.63, 3.8) is 0 Å². The second-order valence-electron chi connectivity index (χ2n) is 5.77. The Morgan fingerprint density at radius 3 is 3.29 bits per heavy atom. The molecule has 3 fully saturated rings. The first-order valence-electron chi connectivity index (χ1n) is 6.60. The number of rotatable bonds is 3. The minimum absolute atomic E-state index is 0.0702. The first-order valence-corrected chi connectivity index (χ1v) is 6.60. The summed E-state index contributed by atoms with van der Waals surface area (Å²) in [7, 11) is 0. The highest BCUT2D eigenvalue weighted by Crippen LogP contribution is 2.43. The van der Waals surface area contributed by atoms with Gasteiger partial charge in [0.25, 0.3) is 0 Å². The molecule has 0 radical (unpaired) electrons. The van der Waals surface area contributed by atoms with Crippen molar-refractivity contribution < 1.29 is 9.15 Å². The zero-order chi connectivity index (χ0) is 11.3. The molecule has 1 saturated carbocycles. The Hall–Kier alpha value is -0.870. The molecule has 0 aromatic carbocycles. The average Bonchev–Trinajstić information content (AvgIpc) is 2.75. The van der Waals surface area contributed by atoms with Gasteiger partial charge in [-0.2, -0.15) is 0 Å². The van der Waals surface area contributed by atoms with Crippen LogP contribution < -0.4 is 5.32 Å². The fourth-order valence-electron chi connectivity index (χ4n) is 3.33. The normalized spacial score (nSPS) is 36.4. The van der Waals surface area contributed by atoms with Gasteiger partial charge in [-0.25, -0.2) is 4.98 Å². The molecule has 0 amide bonds. The molecule has 3 heterocycles. The van der Waals surface area contributed by atoms with E-state index in [0.29, 0.717) is 5.92 Å². The average molecular weight is 234 g/mol. The largest absolute Gasteiger partial charge is 0.447 e. The Labute approximate surface area is 101 Å². The monoisotopic (exact) mass is 234 g/mol. The summed E-state index contributed by atoms with van der Waals surface area (Å²) in [5.41, 5.74) is 1.26. The lowest BCUT2D eigenvalue weighted by Gasteiger charge is -2.24. The fraction of sp³-hybridized carbons (Fsp3) is 0.769. The third kappa shape index (κ3) is 1.47. The minimum Gasteiger partial charge on any atom is -0.447 e. The second kappa shape index (κ2) is 3.56. The molecule has 0 unspecified atom stereocenters. The zero-order valence-corrected chi connectivity index (χ0v) is 9.95. The highest BCUT2D eigenvalue weighted by molar-refractivity contribution is 5.27. The Balaban J connectivity index is 1.70. The number of hydrogen-bond donors (Lipinski definition) is 1. The van der Waals surface area contributed by atoms with Gasteiger partial charge in [0.15, 0.2) is 6.39 Å². The van der Waals surface area contributed by atoms with Crippen LogP contribution in [-0.4, -0.2) is 31.3 Å². The Morgan fingerprint density at radius 1 is 1.47 bits per heavy atom. The van der Waals surface area contributed by atoms with Crippen LogP contribution in [0.15, 0.2) is 10.8 Å². The molecule has 1 aromatic rings. The molecule has 17 heavy (non-hydrogen) atoms. The van der Waals surface area contributed by atoms with Crippen LogP contribution in [0, 0.1) is 11.8 Å². The van der Waals surface area contributed by atoms with Crippen molar-refractivity contribution in [2.75, 3.05) is 26.3 Å². The molecular formula is C13H18N2O2. The van der Waals surface area contributed by atoms with E-state index < -0.39 is 0 Å². The van der Waals surface area contributed by atoms with E-state index in [0.717, 1.165) is 44.4 Å². The van der Waals surface area contributed by atoms with Crippen molar-refractivity contribution in [2.45, 2.75) is 24.7 Å². The van der Waals surface area contributed by atoms with E-state index in [1.165, 1.54) is 18.5 Å². The number of nitrogens with zero attached hydrogens (tertiary/aromatic N) is 1. The molecule has 0 bridgehead atoms. The molecular weight excluding hydrogens is 216 g/mol. The first kappa shape index (κ1) is 10.1. The highest BCUT2D eigenvalue weighted by Gasteiger charge is 2.52. The smallest absolute Gasteiger partial charge is 0.181 e. The summed E-state index contributed by atoms with van der Waals surface area (Å²) in [4.78, 5) is 4.45. The molecule has 2 saturated heterocycles. The lowest BCUT2D eigenvalue weighted by atomic mass is 9.77. The van der Waals surface area contributed by atoms with Crippen LogP contribution in [0.4, 0.5) is 0 Å². The molecule has 2 atom stereocenters. The van der Waals surface area contributed by atoms with Crippen molar-refractivity contribution in [2.24, 2.45) is 11.8 Å². The summed E-state index contributed by atoms with van der Waals surface area (Å²) in [5, 5.41) is 3.48. The number of oxazole rings is 1. The molecule has 0 spiro atoms. The van der Waals surface area contributed by atoms with E-state index in [1.807, 2.05) is 0 Å². The maximum Gasteiger partial charge on any atom is 0.181 e. The number of ether oxygens (including phenoxy) is 1. The summed E-state index contributed by atoms with van der Waals surface area (Å²) in [6.07, 6.45) is 5.44. The summed E-state index contributed by atoms with van der Waals surface area (Å²) in [6.45, 7) is 3.67. The third-order valence-corrected chi connectivity index (χ3v) is 4.56. The van der Waals surface area contributed by atoms with Crippen LogP contribution in [0.2, 0.25) is 0 Å². The minimum atomic E-state index is 0.0702. The van der Waals surface area contributed by atoms with Gasteiger partial charge < -0.3 is 14.5 Å². The molecule has 92 valence electrons. The Kier molecular flexibility index (Phi) is 2.11. The Bertz CT molecular complexity index is 415. The highest BCUT2D eigenvalue weighted by atomic mass is 16.5. The predicted molar refractivity (Wildman–Crippen MR) is 61.8 cm³/mol. The van der Waals surface area contributed by atoms with E-state index in [9.17, 15) is 0 Å². The van der Waals surface area contributed by atoms with Crippen LogP contribution in [-0.2, 0) is 16.6 Å². The van der Waals surface area contributed by atoms with Crippen molar-refractivity contribution in [3.8, 4) is 0 Å². The van der Waals surface area contributed by atoms with Crippen LogP contribution in [0.3, 0.4) is 0 Å². The van der Waals surface area contributed by atoms with E-state index in [4.69, 9.17) is 9.15 Å². The van der Waals surface area contributed by atoms with Gasteiger partial charge in [0.1, 0.15) is 5.76 Å². The van der Waals surface area contributed by atoms with Crippen molar-refractivity contribution in [3.05, 3.63) is 17.8 Å². The maximum absolute atomic E-state index is 5.75. The van der Waals surface area contributed by atoms with Crippen molar-refractivity contribution >= 4 is 0 Å². The summed E-state index contributed by atoms with van der Waals surface area (Å²) < 4.78 is 11.4. The molecule has 4 nitrogen and oxygen atoms in total. The van der Waals surface area contributed by atoms with Gasteiger partial charge in [0.2, 0.25) is 0 Å². The molecule has 4 heteroatoms. The molecule has 2 aliphatic heterocycles. The number of aromatic nitrogens is 1. The quantitative estimate of drug-likeness (QED) is 0.851. The van der Waals surface area contributed by atoms with Crippen LogP contribution in [0.25, 0.3) is 0 Å².